The van der Waals surface area contributed by atoms with Crippen molar-refractivity contribution in [2.24, 2.45) is 0 Å². The maximum Gasteiger partial charge on any atom is 0.226 e. The Hall–Kier alpha value is -1.88. The normalized spacial score (nSPS) is 22.2. The number of para-hydroxylation sites is 1. The predicted octanol–water partition coefficient (Wildman–Crippen LogP) is 2.05. The summed E-state index contributed by atoms with van der Waals surface area (Å²) in [6, 6.07) is 7.69. The molecular weight excluding hydrogens is 256 g/mol. The summed E-state index contributed by atoms with van der Waals surface area (Å²) >= 11 is 0. The van der Waals surface area contributed by atoms with Crippen LogP contribution in [0.15, 0.2) is 28.8 Å². The molecule has 3 rings (SSSR count). The second kappa shape index (κ2) is 5.63. The fourth-order valence-electron chi connectivity index (χ4n) is 2.85. The molecular formula is C15H18N2O3. The molecule has 20 heavy (non-hydrogen) atoms. The molecule has 1 aliphatic rings. The van der Waals surface area contributed by atoms with Gasteiger partial charge in [-0.15, -0.1) is 0 Å². The number of nitrogens with zero attached hydrogens (tertiary/aromatic N) is 1. The van der Waals surface area contributed by atoms with Crippen molar-refractivity contribution in [3.05, 3.63) is 30.0 Å². The smallest absolute Gasteiger partial charge is 0.226 e. The number of rotatable bonds is 4. The Kier molecular flexibility index (Phi) is 3.69. The summed E-state index contributed by atoms with van der Waals surface area (Å²) < 4.78 is 10.6. The molecule has 0 saturated heterocycles. The Labute approximate surface area is 117 Å². The van der Waals surface area contributed by atoms with Crippen LogP contribution in [0.3, 0.4) is 0 Å². The monoisotopic (exact) mass is 274 g/mol. The van der Waals surface area contributed by atoms with Gasteiger partial charge < -0.3 is 14.6 Å². The van der Waals surface area contributed by atoms with E-state index < -0.39 is 0 Å². The molecule has 0 unspecified atom stereocenters. The number of aromatic nitrogens is 1. The highest BCUT2D eigenvalue weighted by Gasteiger charge is 2.28. The summed E-state index contributed by atoms with van der Waals surface area (Å²) in [6.45, 7) is 0. The molecule has 1 amide bonds. The van der Waals surface area contributed by atoms with Crippen LogP contribution in [-0.4, -0.2) is 30.3 Å². The highest BCUT2D eigenvalue weighted by Crippen LogP contribution is 2.22. The van der Waals surface area contributed by atoms with E-state index in [0.29, 0.717) is 11.3 Å². The van der Waals surface area contributed by atoms with Crippen molar-refractivity contribution in [1.29, 1.82) is 0 Å². The number of fused-ring (bicyclic) bond motifs is 1. The topological polar surface area (TPSA) is 64.4 Å². The van der Waals surface area contributed by atoms with E-state index in [1.54, 1.807) is 7.11 Å². The molecule has 0 radical (unpaired) electrons. The lowest BCUT2D eigenvalue weighted by atomic mass is 10.1. The van der Waals surface area contributed by atoms with E-state index in [4.69, 9.17) is 9.26 Å². The molecule has 0 spiro atoms. The third-order valence-corrected chi connectivity index (χ3v) is 3.88. The number of hydrogen-bond acceptors (Lipinski definition) is 4. The summed E-state index contributed by atoms with van der Waals surface area (Å²) in [4.78, 5) is 12.1. The minimum absolute atomic E-state index is 0.0296. The number of ether oxygens (including phenoxy) is 1. The van der Waals surface area contributed by atoms with E-state index in [0.717, 1.165) is 24.6 Å². The van der Waals surface area contributed by atoms with Crippen LogP contribution in [0.4, 0.5) is 0 Å². The van der Waals surface area contributed by atoms with Gasteiger partial charge in [-0.25, -0.2) is 0 Å². The van der Waals surface area contributed by atoms with Crippen molar-refractivity contribution in [2.75, 3.05) is 7.11 Å². The Morgan fingerprint density at radius 3 is 3.15 bits per heavy atom. The Morgan fingerprint density at radius 1 is 1.45 bits per heavy atom. The lowest BCUT2D eigenvalue weighted by molar-refractivity contribution is -0.122. The van der Waals surface area contributed by atoms with Crippen molar-refractivity contribution in [3.8, 4) is 0 Å². The zero-order valence-electron chi connectivity index (χ0n) is 11.5. The lowest BCUT2D eigenvalue weighted by Gasteiger charge is -2.19. The second-order valence-corrected chi connectivity index (χ2v) is 5.18. The Balaban J connectivity index is 1.67. The van der Waals surface area contributed by atoms with Gasteiger partial charge in [-0.2, -0.15) is 0 Å². The summed E-state index contributed by atoms with van der Waals surface area (Å²) in [5.74, 6) is -0.0296. The van der Waals surface area contributed by atoms with Gasteiger partial charge >= 0.3 is 0 Å². The van der Waals surface area contributed by atoms with Gasteiger partial charge in [-0.3, -0.25) is 4.79 Å². The third kappa shape index (κ3) is 2.54. The zero-order chi connectivity index (χ0) is 13.9. The second-order valence-electron chi connectivity index (χ2n) is 5.18. The van der Waals surface area contributed by atoms with Crippen LogP contribution < -0.4 is 5.32 Å². The van der Waals surface area contributed by atoms with E-state index in [-0.39, 0.29) is 24.5 Å². The molecule has 0 aliphatic heterocycles. The van der Waals surface area contributed by atoms with Crippen LogP contribution in [0.25, 0.3) is 11.0 Å². The van der Waals surface area contributed by atoms with Gasteiger partial charge in [0.2, 0.25) is 5.91 Å². The average molecular weight is 274 g/mol. The molecule has 2 aromatic rings. The molecule has 1 aliphatic carbocycles. The molecule has 0 bridgehead atoms. The third-order valence-electron chi connectivity index (χ3n) is 3.88. The molecule has 5 heteroatoms. The van der Waals surface area contributed by atoms with Crippen LogP contribution in [0.2, 0.25) is 0 Å². The van der Waals surface area contributed by atoms with Gasteiger partial charge in [0.1, 0.15) is 5.69 Å². The molecule has 1 fully saturated rings. The molecule has 5 nitrogen and oxygen atoms in total. The molecule has 1 saturated carbocycles. The molecule has 1 N–H and O–H groups in total. The first kappa shape index (κ1) is 13.1. The fourth-order valence-corrected chi connectivity index (χ4v) is 2.85. The number of carbonyl (C=O) groups excluding carboxylic acids is 1. The lowest BCUT2D eigenvalue weighted by Crippen LogP contribution is -2.41. The number of benzene rings is 1. The van der Waals surface area contributed by atoms with Crippen LogP contribution >= 0.6 is 0 Å². The van der Waals surface area contributed by atoms with Gasteiger partial charge in [-0.05, 0) is 31.4 Å². The van der Waals surface area contributed by atoms with Gasteiger partial charge in [-0.1, -0.05) is 17.3 Å². The van der Waals surface area contributed by atoms with Gasteiger partial charge in [0.05, 0.1) is 18.6 Å². The molecule has 1 aromatic heterocycles. The van der Waals surface area contributed by atoms with Crippen LogP contribution in [0.1, 0.15) is 25.0 Å². The largest absolute Gasteiger partial charge is 0.379 e. The van der Waals surface area contributed by atoms with E-state index in [2.05, 4.69) is 10.5 Å². The average Bonchev–Trinajstić information content (AvgIpc) is 3.06. The van der Waals surface area contributed by atoms with Crippen molar-refractivity contribution in [3.63, 3.8) is 0 Å². The van der Waals surface area contributed by atoms with Crippen LogP contribution in [0, 0.1) is 0 Å². The molecule has 106 valence electrons. The minimum atomic E-state index is -0.0296. The van der Waals surface area contributed by atoms with Gasteiger partial charge in [0, 0.05) is 12.5 Å². The number of hydrogen-bond donors (Lipinski definition) is 1. The van der Waals surface area contributed by atoms with E-state index in [1.807, 2.05) is 24.3 Å². The summed E-state index contributed by atoms with van der Waals surface area (Å²) in [6.07, 6.45) is 3.45. The van der Waals surface area contributed by atoms with Crippen molar-refractivity contribution in [1.82, 2.24) is 10.5 Å². The van der Waals surface area contributed by atoms with E-state index >= 15 is 0 Å². The van der Waals surface area contributed by atoms with Crippen LogP contribution in [0.5, 0.6) is 0 Å². The van der Waals surface area contributed by atoms with Crippen molar-refractivity contribution >= 4 is 16.9 Å². The van der Waals surface area contributed by atoms with Gasteiger partial charge in [0.25, 0.3) is 0 Å². The SMILES string of the molecule is CO[C@@H]1CCC[C@H]1NC(=O)Cc1noc2ccccc12. The summed E-state index contributed by atoms with van der Waals surface area (Å²) in [7, 11) is 1.69. The number of amides is 1. The molecule has 1 heterocycles. The number of carbonyl (C=O) groups is 1. The quantitative estimate of drug-likeness (QED) is 0.926. The zero-order valence-corrected chi connectivity index (χ0v) is 11.5. The maximum absolute atomic E-state index is 12.1. The first-order chi connectivity index (χ1) is 9.78. The minimum Gasteiger partial charge on any atom is -0.379 e. The number of nitrogens with one attached hydrogen (secondary N) is 1. The summed E-state index contributed by atoms with van der Waals surface area (Å²) in [5.41, 5.74) is 1.40. The van der Waals surface area contributed by atoms with Gasteiger partial charge in [0.15, 0.2) is 5.58 Å². The predicted molar refractivity (Wildman–Crippen MR) is 74.3 cm³/mol. The Morgan fingerprint density at radius 2 is 2.30 bits per heavy atom. The molecule has 1 aromatic carbocycles. The first-order valence-electron chi connectivity index (χ1n) is 6.93. The van der Waals surface area contributed by atoms with E-state index in [1.165, 1.54) is 0 Å². The standard InChI is InChI=1S/C15H18N2O3/c1-19-14-8-4-6-11(14)16-15(18)9-12-10-5-2-3-7-13(10)20-17-12/h2-3,5,7,11,14H,4,6,8-9H2,1H3,(H,16,18)/t11-,14-/m1/s1. The highest BCUT2D eigenvalue weighted by atomic mass is 16.5. The Bertz CT molecular complexity index is 608. The van der Waals surface area contributed by atoms with Crippen molar-refractivity contribution < 1.29 is 14.1 Å². The van der Waals surface area contributed by atoms with Crippen molar-refractivity contribution in [2.45, 2.75) is 37.8 Å². The highest BCUT2D eigenvalue weighted by molar-refractivity contribution is 5.86. The maximum atomic E-state index is 12.1. The summed E-state index contributed by atoms with van der Waals surface area (Å²) in [5, 5.41) is 7.92. The van der Waals surface area contributed by atoms with Crippen LogP contribution in [-0.2, 0) is 16.0 Å². The molecule has 2 atom stereocenters. The van der Waals surface area contributed by atoms with E-state index in [9.17, 15) is 4.79 Å². The fraction of sp³-hybridized carbons (Fsp3) is 0.467. The number of methoxy groups -OCH3 is 1. The first-order valence-corrected chi connectivity index (χ1v) is 6.93.